The number of hydrogen-bond donors (Lipinski definition) is 0. The van der Waals surface area contributed by atoms with Gasteiger partial charge in [-0.1, -0.05) is 35.3 Å². The molecule has 0 unspecified atom stereocenters. The Bertz CT molecular complexity index is 244. The smallest absolute Gasteiger partial charge is 0.0162 e. The van der Waals surface area contributed by atoms with E-state index >= 15 is 0 Å². The van der Waals surface area contributed by atoms with Gasteiger partial charge in [-0.15, -0.1) is 0 Å². The van der Waals surface area contributed by atoms with Crippen molar-refractivity contribution in [2.45, 2.75) is 53.4 Å². The van der Waals surface area contributed by atoms with Crippen molar-refractivity contribution in [3.05, 3.63) is 0 Å². The minimum atomic E-state index is 0. The van der Waals surface area contributed by atoms with Crippen LogP contribution in [0.2, 0.25) is 0 Å². The van der Waals surface area contributed by atoms with Gasteiger partial charge in [-0.3, -0.25) is 0 Å². The van der Waals surface area contributed by atoms with Crippen molar-refractivity contribution in [2.75, 3.05) is 26.2 Å². The molecule has 0 spiro atoms. The predicted molar refractivity (Wildman–Crippen MR) is 119 cm³/mol. The van der Waals surface area contributed by atoms with Gasteiger partial charge in [0.2, 0.25) is 0 Å². The molecule has 0 rings (SSSR count). The van der Waals surface area contributed by atoms with Gasteiger partial charge in [0.15, 0.2) is 0 Å². The van der Waals surface area contributed by atoms with E-state index in [-0.39, 0.29) is 48.1 Å². The van der Waals surface area contributed by atoms with Gasteiger partial charge < -0.3 is 86.5 Å². The van der Waals surface area contributed by atoms with Crippen molar-refractivity contribution in [3.63, 3.8) is 0 Å². The molecule has 0 aromatic rings. The summed E-state index contributed by atoms with van der Waals surface area (Å²) in [6.45, 7) is 12.4. The summed E-state index contributed by atoms with van der Waals surface area (Å²) in [6, 6.07) is 0. The Morgan fingerprint density at radius 2 is 1.00 bits per heavy atom. The number of nitrogens with zero attached hydrogens (tertiary/aromatic N) is 2. The third kappa shape index (κ3) is 23.6. The fraction of sp³-hybridized carbons (Fsp3) is 0.857. The van der Waals surface area contributed by atoms with Crippen LogP contribution in [0.15, 0.2) is 0 Å². The van der Waals surface area contributed by atoms with Gasteiger partial charge in [-0.05, 0) is 26.7 Å². The van der Waals surface area contributed by atoms with Crippen molar-refractivity contribution < 1.29 is 21.1 Å². The van der Waals surface area contributed by atoms with Crippen molar-refractivity contribution in [1.29, 1.82) is 0 Å². The molecule has 23 heavy (non-hydrogen) atoms. The minimum absolute atomic E-state index is 0. The molecule has 0 heterocycles. The van der Waals surface area contributed by atoms with Gasteiger partial charge in [-0.2, -0.15) is 0 Å². The molecule has 0 atom stereocenters. The van der Waals surface area contributed by atoms with E-state index in [9.17, 15) is 0 Å². The Morgan fingerprint density at radius 3 is 1.13 bits per heavy atom. The predicted octanol–water partition coefficient (Wildman–Crippen LogP) is 3.87. The van der Waals surface area contributed by atoms with E-state index in [1.54, 1.807) is 0 Å². The molecule has 0 saturated carbocycles. The van der Waals surface area contributed by atoms with Crippen molar-refractivity contribution in [2.24, 2.45) is 0 Å². The van der Waals surface area contributed by atoms with E-state index < -0.39 is 0 Å². The normalized spacial score (nSPS) is 8.17. The summed E-state index contributed by atoms with van der Waals surface area (Å²) in [4.78, 5) is 4.10. The zero-order chi connectivity index (χ0) is 16.0. The molecule has 0 aliphatic heterocycles. The third-order valence-electron chi connectivity index (χ3n) is 2.84. The summed E-state index contributed by atoms with van der Waals surface area (Å²) in [5.74, 6) is 0. The van der Waals surface area contributed by atoms with E-state index in [0.717, 1.165) is 26.2 Å². The largest absolute Gasteiger partial charge is 2.00 e. The molecule has 2 nitrogen and oxygen atoms in total. The molecule has 0 aliphatic carbocycles. The fourth-order valence-corrected chi connectivity index (χ4v) is 2.34. The number of unbranched alkanes of at least 4 members (excludes halogenated alkanes) is 2. The number of rotatable bonds is 8. The summed E-state index contributed by atoms with van der Waals surface area (Å²) in [7, 11) is 0. The summed E-state index contributed by atoms with van der Waals surface area (Å²) < 4.78 is 1.21. The van der Waals surface area contributed by atoms with Crippen molar-refractivity contribution in [3.8, 4) is 0 Å². The zero-order valence-electron chi connectivity index (χ0n) is 14.4. The van der Waals surface area contributed by atoms with Crippen LogP contribution in [0.25, 0.3) is 0 Å². The van der Waals surface area contributed by atoms with E-state index in [1.165, 1.54) is 25.7 Å². The molecular weight excluding hydrogens is 485 g/mol. The molecule has 0 aromatic heterocycles. The van der Waals surface area contributed by atoms with Gasteiger partial charge in [0.1, 0.15) is 0 Å². The van der Waals surface area contributed by atoms with E-state index in [0.29, 0.717) is 8.64 Å². The maximum Gasteiger partial charge on any atom is 0.0162 e. The van der Waals surface area contributed by atoms with Gasteiger partial charge in [0, 0.05) is 47.2 Å². The molecule has 0 fully saturated rings. The van der Waals surface area contributed by atoms with Crippen molar-refractivity contribution >= 4 is 85.3 Å². The first-order valence-corrected chi connectivity index (χ1v) is 8.99. The SMILES string of the molecule is CCCCN(CC)C(=S)[S-].CCCCN(CC)C(=S)[S-].[Mo].[S-2].[S-2]. The Balaban J connectivity index is -0.0000000831. The maximum atomic E-state index is 4.87. The monoisotopic (exact) mass is 514 g/mol. The Morgan fingerprint density at radius 1 is 0.739 bits per heavy atom. The summed E-state index contributed by atoms with van der Waals surface area (Å²) >= 11 is 19.5. The van der Waals surface area contributed by atoms with E-state index in [1.807, 2.05) is 9.80 Å². The van der Waals surface area contributed by atoms with Crippen LogP contribution in [0.1, 0.15) is 53.4 Å². The molecule has 0 bridgehead atoms. The maximum absolute atomic E-state index is 4.87. The van der Waals surface area contributed by atoms with Crippen LogP contribution in [0.4, 0.5) is 0 Å². The van der Waals surface area contributed by atoms with Crippen LogP contribution in [-0.2, 0) is 73.3 Å². The van der Waals surface area contributed by atoms with Crippen LogP contribution in [0.5, 0.6) is 0 Å². The first-order valence-electron chi connectivity index (χ1n) is 7.36. The van der Waals surface area contributed by atoms with E-state index in [4.69, 9.17) is 49.7 Å². The first-order chi connectivity index (χ1) is 9.44. The van der Waals surface area contributed by atoms with Crippen LogP contribution in [0.3, 0.4) is 0 Å². The van der Waals surface area contributed by atoms with Crippen LogP contribution >= 0.6 is 24.4 Å². The molecule has 0 aliphatic rings. The summed E-state index contributed by atoms with van der Waals surface area (Å²) in [5, 5.41) is 0. The van der Waals surface area contributed by atoms with Crippen LogP contribution in [0, 0.1) is 0 Å². The molecule has 0 amide bonds. The quantitative estimate of drug-likeness (QED) is 0.275. The standard InChI is InChI=1S/2C7H15NS2.Mo.2S/c2*1-3-5-6-8(4-2)7(9)10;;;/h2*3-6H2,1-2H3,(H,9,10);;;/q;;;2*-2/p-2. The van der Waals surface area contributed by atoms with Gasteiger partial charge in [0.05, 0.1) is 0 Å². The first kappa shape index (κ1) is 35.7. The average molecular weight is 513 g/mol. The molecule has 0 saturated heterocycles. The number of thiocarbonyl (C=S) groups is 2. The number of hydrogen-bond acceptors (Lipinski definition) is 4. The van der Waals surface area contributed by atoms with Gasteiger partial charge in [0.25, 0.3) is 0 Å². The summed E-state index contributed by atoms with van der Waals surface area (Å²) in [6.07, 6.45) is 4.78. The van der Waals surface area contributed by atoms with Gasteiger partial charge >= 0.3 is 0 Å². The molecule has 0 N–H and O–H groups in total. The minimum Gasteiger partial charge on any atom is -2.00 e. The third-order valence-corrected chi connectivity index (χ3v) is 3.88. The zero-order valence-corrected chi connectivity index (χ0v) is 21.3. The van der Waals surface area contributed by atoms with E-state index in [2.05, 4.69) is 27.7 Å². The Hall–Kier alpha value is 1.61. The second-order valence-corrected chi connectivity index (χ2v) is 6.46. The Labute approximate surface area is 194 Å². The van der Waals surface area contributed by atoms with Gasteiger partial charge in [-0.25, -0.2) is 0 Å². The molecular formula is C14H28MoN2S6-6. The van der Waals surface area contributed by atoms with Crippen LogP contribution < -0.4 is 0 Å². The molecule has 0 radical (unpaired) electrons. The fourth-order valence-electron chi connectivity index (χ4n) is 1.45. The van der Waals surface area contributed by atoms with Crippen molar-refractivity contribution in [1.82, 2.24) is 9.80 Å². The topological polar surface area (TPSA) is 6.48 Å². The summed E-state index contributed by atoms with van der Waals surface area (Å²) in [5.41, 5.74) is 0. The molecule has 9 heteroatoms. The van der Waals surface area contributed by atoms with Crippen LogP contribution in [-0.4, -0.2) is 44.6 Å². The average Bonchev–Trinajstić information content (AvgIpc) is 2.40. The Kier molecular flexibility index (Phi) is 40.1. The second kappa shape index (κ2) is 25.8. The second-order valence-electron chi connectivity index (χ2n) is 4.40. The molecule has 142 valence electrons. The molecule has 0 aromatic carbocycles.